The quantitative estimate of drug-likeness (QED) is 0.737. The summed E-state index contributed by atoms with van der Waals surface area (Å²) in [4.78, 5) is 11.1. The van der Waals surface area contributed by atoms with Gasteiger partial charge in [-0.25, -0.2) is 9.97 Å². The van der Waals surface area contributed by atoms with E-state index in [0.717, 1.165) is 22.5 Å². The van der Waals surface area contributed by atoms with Crippen molar-refractivity contribution in [3.8, 4) is 0 Å². The summed E-state index contributed by atoms with van der Waals surface area (Å²) in [7, 11) is 0. The number of aromatic nitrogens is 2. The van der Waals surface area contributed by atoms with Gasteiger partial charge in [0, 0.05) is 16.2 Å². The molecule has 2 aromatic rings. The van der Waals surface area contributed by atoms with Crippen LogP contribution in [0.15, 0.2) is 6.07 Å². The van der Waals surface area contributed by atoms with Gasteiger partial charge in [0.2, 0.25) is 0 Å². The summed E-state index contributed by atoms with van der Waals surface area (Å²) in [6.07, 6.45) is 1.03. The number of nitrogens with zero attached hydrogens (tertiary/aromatic N) is 2. The van der Waals surface area contributed by atoms with E-state index in [1.54, 1.807) is 11.3 Å². The first-order valence-electron chi connectivity index (χ1n) is 5.05. The lowest BCUT2D eigenvalue weighted by molar-refractivity contribution is 0.684. The average molecular weight is 241 g/mol. The van der Waals surface area contributed by atoms with E-state index in [1.807, 2.05) is 6.07 Å². The molecule has 1 unspecified atom stereocenters. The van der Waals surface area contributed by atoms with Crippen LogP contribution in [0.1, 0.15) is 36.9 Å². The van der Waals surface area contributed by atoms with Crippen LogP contribution in [0.5, 0.6) is 0 Å². The summed E-state index contributed by atoms with van der Waals surface area (Å²) in [5, 5.41) is 1.56. The van der Waals surface area contributed by atoms with Crippen molar-refractivity contribution >= 4 is 33.2 Å². The Hall–Kier alpha value is -0.670. The second-order valence-corrected chi connectivity index (χ2v) is 5.35. The van der Waals surface area contributed by atoms with Crippen LogP contribution in [0.4, 0.5) is 0 Å². The van der Waals surface area contributed by atoms with Gasteiger partial charge in [-0.05, 0) is 19.4 Å². The van der Waals surface area contributed by atoms with Crippen molar-refractivity contribution < 1.29 is 0 Å². The van der Waals surface area contributed by atoms with Crippen LogP contribution in [0.3, 0.4) is 0 Å². The molecule has 0 amide bonds. The number of hydrogen-bond acceptors (Lipinski definition) is 3. The van der Waals surface area contributed by atoms with Gasteiger partial charge in [0.25, 0.3) is 0 Å². The van der Waals surface area contributed by atoms with Crippen molar-refractivity contribution in [3.63, 3.8) is 0 Å². The first-order chi connectivity index (χ1) is 7.11. The summed E-state index contributed by atoms with van der Waals surface area (Å²) in [5.74, 6) is 1.23. The fraction of sp³-hybridized carbons (Fsp3) is 0.455. The normalized spacial score (nSPS) is 13.3. The Bertz CT molecular complexity index is 493. The number of hydrogen-bond donors (Lipinski definition) is 0. The van der Waals surface area contributed by atoms with Crippen LogP contribution in [0, 0.1) is 6.92 Å². The fourth-order valence-corrected chi connectivity index (χ4v) is 2.60. The fourth-order valence-electron chi connectivity index (χ4n) is 1.43. The van der Waals surface area contributed by atoms with E-state index in [4.69, 9.17) is 11.6 Å². The molecule has 1 atom stereocenters. The molecule has 0 radical (unpaired) electrons. The smallest absolute Gasteiger partial charge is 0.141 e. The predicted molar refractivity (Wildman–Crippen MR) is 65.9 cm³/mol. The van der Waals surface area contributed by atoms with Crippen LogP contribution >= 0.6 is 22.9 Å². The van der Waals surface area contributed by atoms with Gasteiger partial charge in [0.1, 0.15) is 15.8 Å². The maximum absolute atomic E-state index is 6.13. The Labute approximate surface area is 98.3 Å². The minimum absolute atomic E-state index is 0.370. The maximum Gasteiger partial charge on any atom is 0.141 e. The highest BCUT2D eigenvalue weighted by molar-refractivity contribution is 7.18. The molecule has 0 aliphatic carbocycles. The highest BCUT2D eigenvalue weighted by atomic mass is 35.5. The molecule has 2 nitrogen and oxygen atoms in total. The highest BCUT2D eigenvalue weighted by Gasteiger charge is 2.12. The molecule has 4 heteroatoms. The van der Waals surface area contributed by atoms with Crippen molar-refractivity contribution in [3.05, 3.63) is 21.9 Å². The maximum atomic E-state index is 6.13. The Kier molecular flexibility index (Phi) is 2.94. The van der Waals surface area contributed by atoms with Crippen molar-refractivity contribution in [1.82, 2.24) is 9.97 Å². The molecule has 0 fully saturated rings. The molecule has 0 bridgehead atoms. The van der Waals surface area contributed by atoms with Gasteiger partial charge in [-0.2, -0.15) is 0 Å². The van der Waals surface area contributed by atoms with Crippen LogP contribution in [-0.2, 0) is 0 Å². The molecule has 0 aliphatic heterocycles. The SMILES string of the molecule is CCC(C)c1nc(Cl)c2cc(C)sc2n1. The molecule has 0 saturated heterocycles. The lowest BCUT2D eigenvalue weighted by Gasteiger charge is -2.06. The number of thiophene rings is 1. The number of fused-ring (bicyclic) bond motifs is 1. The zero-order valence-electron chi connectivity index (χ0n) is 9.04. The van der Waals surface area contributed by atoms with E-state index in [9.17, 15) is 0 Å². The minimum atomic E-state index is 0.370. The van der Waals surface area contributed by atoms with E-state index < -0.39 is 0 Å². The summed E-state index contributed by atoms with van der Waals surface area (Å²) in [6.45, 7) is 6.31. The Balaban J connectivity index is 2.61. The standard InChI is InChI=1S/C11H13ClN2S/c1-4-6(2)10-13-9(12)8-5-7(3)15-11(8)14-10/h5-6H,4H2,1-3H3. The lowest BCUT2D eigenvalue weighted by Crippen LogP contribution is -1.99. The summed E-state index contributed by atoms with van der Waals surface area (Å²) < 4.78 is 0. The molecule has 2 aromatic heterocycles. The summed E-state index contributed by atoms with van der Waals surface area (Å²) in [6, 6.07) is 2.04. The van der Waals surface area contributed by atoms with Crippen molar-refractivity contribution in [2.75, 3.05) is 0 Å². The van der Waals surface area contributed by atoms with Gasteiger partial charge < -0.3 is 0 Å². The van der Waals surface area contributed by atoms with Crippen LogP contribution in [0.25, 0.3) is 10.2 Å². The van der Waals surface area contributed by atoms with Crippen molar-refractivity contribution in [2.45, 2.75) is 33.1 Å². The molecule has 0 N–H and O–H groups in total. The molecule has 0 aromatic carbocycles. The van der Waals surface area contributed by atoms with Gasteiger partial charge in [0.05, 0.1) is 0 Å². The second kappa shape index (κ2) is 4.06. The molecule has 0 saturated carbocycles. The molecule has 2 rings (SSSR count). The van der Waals surface area contributed by atoms with E-state index in [-0.39, 0.29) is 0 Å². The van der Waals surface area contributed by atoms with Gasteiger partial charge in [-0.3, -0.25) is 0 Å². The largest absolute Gasteiger partial charge is 0.222 e. The Morgan fingerprint density at radius 1 is 1.47 bits per heavy atom. The van der Waals surface area contributed by atoms with Gasteiger partial charge in [-0.1, -0.05) is 25.4 Å². The lowest BCUT2D eigenvalue weighted by atomic mass is 10.1. The summed E-state index contributed by atoms with van der Waals surface area (Å²) >= 11 is 7.80. The van der Waals surface area contributed by atoms with E-state index in [0.29, 0.717) is 11.1 Å². The Morgan fingerprint density at radius 2 is 2.20 bits per heavy atom. The molecular formula is C11H13ClN2S. The summed E-state index contributed by atoms with van der Waals surface area (Å²) in [5.41, 5.74) is 0. The Morgan fingerprint density at radius 3 is 2.87 bits per heavy atom. The van der Waals surface area contributed by atoms with Crippen LogP contribution in [-0.4, -0.2) is 9.97 Å². The van der Waals surface area contributed by atoms with E-state index in [1.165, 1.54) is 4.88 Å². The molecule has 2 heterocycles. The third-order valence-corrected chi connectivity index (χ3v) is 3.77. The number of aryl methyl sites for hydroxylation is 1. The van der Waals surface area contributed by atoms with Crippen molar-refractivity contribution in [1.29, 1.82) is 0 Å². The molecule has 0 aliphatic rings. The van der Waals surface area contributed by atoms with Crippen LogP contribution in [0.2, 0.25) is 5.15 Å². The van der Waals surface area contributed by atoms with Gasteiger partial charge in [0.15, 0.2) is 0 Å². The van der Waals surface area contributed by atoms with Gasteiger partial charge >= 0.3 is 0 Å². The first-order valence-corrected chi connectivity index (χ1v) is 6.24. The number of halogens is 1. The van der Waals surface area contributed by atoms with Crippen molar-refractivity contribution in [2.24, 2.45) is 0 Å². The molecule has 80 valence electrons. The molecule has 15 heavy (non-hydrogen) atoms. The minimum Gasteiger partial charge on any atom is -0.222 e. The van der Waals surface area contributed by atoms with E-state index >= 15 is 0 Å². The average Bonchev–Trinajstić information content (AvgIpc) is 2.58. The molecule has 0 spiro atoms. The number of rotatable bonds is 2. The van der Waals surface area contributed by atoms with Crippen LogP contribution < -0.4 is 0 Å². The van der Waals surface area contributed by atoms with Gasteiger partial charge in [-0.15, -0.1) is 11.3 Å². The highest BCUT2D eigenvalue weighted by Crippen LogP contribution is 2.30. The second-order valence-electron chi connectivity index (χ2n) is 3.76. The first kappa shape index (κ1) is 10.8. The zero-order chi connectivity index (χ0) is 11.0. The third-order valence-electron chi connectivity index (χ3n) is 2.54. The third kappa shape index (κ3) is 1.99. The van der Waals surface area contributed by atoms with E-state index in [2.05, 4.69) is 30.7 Å². The monoisotopic (exact) mass is 240 g/mol. The zero-order valence-corrected chi connectivity index (χ0v) is 10.6. The topological polar surface area (TPSA) is 25.8 Å². The predicted octanol–water partition coefficient (Wildman–Crippen LogP) is 4.17. The molecular weight excluding hydrogens is 228 g/mol.